The summed E-state index contributed by atoms with van der Waals surface area (Å²) in [5.41, 5.74) is 0. The first-order chi connectivity index (χ1) is 17.8. The van der Waals surface area contributed by atoms with Crippen molar-refractivity contribution in [2.75, 3.05) is 0 Å². The summed E-state index contributed by atoms with van der Waals surface area (Å²) in [6.07, 6.45) is 41.8. The van der Waals surface area contributed by atoms with Crippen LogP contribution in [0.1, 0.15) is 187 Å². The van der Waals surface area contributed by atoms with Crippen LogP contribution in [0.3, 0.4) is 0 Å². The largest absolute Gasteiger partial charge is 0.256 e. The van der Waals surface area contributed by atoms with Gasteiger partial charge in [0.05, 0.1) is 13.1 Å². The van der Waals surface area contributed by atoms with E-state index in [1.54, 1.807) is 5.82 Å². The van der Waals surface area contributed by atoms with Crippen molar-refractivity contribution in [1.82, 2.24) is 4.57 Å². The first-order valence-corrected chi connectivity index (χ1v) is 16.9. The summed E-state index contributed by atoms with van der Waals surface area (Å²) in [6.45, 7) is 9.23. The van der Waals surface area contributed by atoms with Crippen LogP contribution in [0.2, 0.25) is 0 Å². The quantitative estimate of drug-likeness (QED) is 0.0794. The van der Waals surface area contributed by atoms with Gasteiger partial charge in [0.1, 0.15) is 12.4 Å². The predicted octanol–water partition coefficient (Wildman–Crippen LogP) is 11.1. The number of rotatable bonds is 28. The molecule has 0 aliphatic carbocycles. The van der Waals surface area contributed by atoms with Crippen LogP contribution >= 0.6 is 0 Å². The van der Waals surface area contributed by atoms with Crippen LogP contribution in [0.5, 0.6) is 0 Å². The van der Waals surface area contributed by atoms with Gasteiger partial charge < -0.3 is 0 Å². The Bertz CT molecular complexity index is 562. The van der Waals surface area contributed by atoms with Crippen molar-refractivity contribution in [1.29, 1.82) is 0 Å². The number of hydrogen-bond donors (Lipinski definition) is 0. The van der Waals surface area contributed by atoms with E-state index in [9.17, 15) is 0 Å². The maximum atomic E-state index is 2.57. The minimum absolute atomic E-state index is 1.11. The minimum atomic E-state index is 1.11. The summed E-state index contributed by atoms with van der Waals surface area (Å²) < 4.78 is 5.05. The molecule has 36 heavy (non-hydrogen) atoms. The zero-order chi connectivity index (χ0) is 25.9. The molecule has 0 amide bonds. The fourth-order valence-corrected chi connectivity index (χ4v) is 5.70. The Labute approximate surface area is 228 Å². The van der Waals surface area contributed by atoms with Crippen LogP contribution in [0.25, 0.3) is 0 Å². The molecule has 1 aromatic rings. The average molecular weight is 504 g/mol. The Balaban J connectivity index is 1.97. The zero-order valence-corrected chi connectivity index (χ0v) is 25.3. The van der Waals surface area contributed by atoms with Crippen molar-refractivity contribution in [3.8, 4) is 0 Å². The number of imidazole rings is 1. The van der Waals surface area contributed by atoms with Gasteiger partial charge in [-0.3, -0.25) is 0 Å². The van der Waals surface area contributed by atoms with E-state index in [0.29, 0.717) is 0 Å². The molecule has 0 aliphatic rings. The second-order valence-electron chi connectivity index (χ2n) is 11.6. The Kier molecular flexibility index (Phi) is 23.9. The van der Waals surface area contributed by atoms with Crippen molar-refractivity contribution in [2.24, 2.45) is 0 Å². The molecule has 212 valence electrons. The van der Waals surface area contributed by atoms with E-state index in [0.717, 1.165) is 6.54 Å². The Hall–Kier alpha value is -0.790. The summed E-state index contributed by atoms with van der Waals surface area (Å²) in [5.74, 6) is 1.57. The standard InChI is InChI=1S/C34H67N2/c1-4-7-9-11-13-15-16-17-18-19-20-21-22-23-25-27-29-31-36-33-32-35(6-3)34(36)30-28-26-24-14-12-10-8-5-2/h32-33H,4-31H2,1-3H3/q+1. The molecule has 0 aromatic carbocycles. The Morgan fingerprint density at radius 1 is 0.472 bits per heavy atom. The van der Waals surface area contributed by atoms with E-state index in [4.69, 9.17) is 0 Å². The van der Waals surface area contributed by atoms with Gasteiger partial charge in [-0.2, -0.15) is 0 Å². The lowest BCUT2D eigenvalue weighted by molar-refractivity contribution is -0.704. The molecule has 0 saturated heterocycles. The summed E-state index contributed by atoms with van der Waals surface area (Å²) in [6, 6.07) is 0. The van der Waals surface area contributed by atoms with E-state index in [-0.39, 0.29) is 0 Å². The van der Waals surface area contributed by atoms with Gasteiger partial charge in [-0.15, -0.1) is 0 Å². The van der Waals surface area contributed by atoms with Crippen LogP contribution in [0, 0.1) is 0 Å². The molecule has 0 radical (unpaired) electrons. The Morgan fingerprint density at radius 2 is 0.833 bits per heavy atom. The lowest BCUT2D eigenvalue weighted by atomic mass is 10.0. The van der Waals surface area contributed by atoms with E-state index in [1.165, 1.54) is 173 Å². The Morgan fingerprint density at radius 3 is 1.22 bits per heavy atom. The average Bonchev–Trinajstić information content (AvgIpc) is 3.29. The predicted molar refractivity (Wildman–Crippen MR) is 161 cm³/mol. The number of hydrogen-bond acceptors (Lipinski definition) is 0. The summed E-state index contributed by atoms with van der Waals surface area (Å²) in [4.78, 5) is 0. The van der Waals surface area contributed by atoms with Crippen LogP contribution in [-0.2, 0) is 19.5 Å². The number of aromatic nitrogens is 2. The minimum Gasteiger partial charge on any atom is -0.235 e. The molecular weight excluding hydrogens is 436 g/mol. The van der Waals surface area contributed by atoms with Gasteiger partial charge >= 0.3 is 0 Å². The highest BCUT2D eigenvalue weighted by Gasteiger charge is 2.15. The van der Waals surface area contributed by atoms with Gasteiger partial charge in [0.25, 0.3) is 5.82 Å². The van der Waals surface area contributed by atoms with Crippen molar-refractivity contribution >= 4 is 0 Å². The van der Waals surface area contributed by atoms with Gasteiger partial charge in [0, 0.05) is 6.42 Å². The van der Waals surface area contributed by atoms with Gasteiger partial charge in [0.15, 0.2) is 0 Å². The third-order valence-corrected chi connectivity index (χ3v) is 8.19. The van der Waals surface area contributed by atoms with Crippen LogP contribution < -0.4 is 4.57 Å². The molecule has 0 bridgehead atoms. The second kappa shape index (κ2) is 25.8. The van der Waals surface area contributed by atoms with Crippen molar-refractivity contribution in [2.45, 2.75) is 201 Å². The lowest BCUT2D eigenvalue weighted by Crippen LogP contribution is -2.37. The number of nitrogens with zero attached hydrogens (tertiary/aromatic N) is 2. The summed E-state index contributed by atoms with van der Waals surface area (Å²) >= 11 is 0. The molecule has 2 nitrogen and oxygen atoms in total. The molecule has 0 spiro atoms. The highest BCUT2D eigenvalue weighted by atomic mass is 15.1. The van der Waals surface area contributed by atoms with Gasteiger partial charge in [-0.05, 0) is 26.2 Å². The third kappa shape index (κ3) is 18.5. The molecule has 1 heterocycles. The zero-order valence-electron chi connectivity index (χ0n) is 25.3. The van der Waals surface area contributed by atoms with E-state index >= 15 is 0 Å². The van der Waals surface area contributed by atoms with Gasteiger partial charge in [-0.25, -0.2) is 9.13 Å². The fourth-order valence-electron chi connectivity index (χ4n) is 5.70. The van der Waals surface area contributed by atoms with Crippen LogP contribution in [0.4, 0.5) is 0 Å². The van der Waals surface area contributed by atoms with Gasteiger partial charge in [-0.1, -0.05) is 155 Å². The van der Waals surface area contributed by atoms with E-state index in [1.807, 2.05) is 0 Å². The first kappa shape index (κ1) is 33.2. The maximum Gasteiger partial charge on any atom is 0.256 e. The number of unbranched alkanes of at least 4 members (excludes halogenated alkanes) is 23. The monoisotopic (exact) mass is 504 g/mol. The number of aryl methyl sites for hydroxylation is 2. The fraction of sp³-hybridized carbons (Fsp3) is 0.912. The van der Waals surface area contributed by atoms with E-state index in [2.05, 4.69) is 42.3 Å². The summed E-state index contributed by atoms with van der Waals surface area (Å²) in [7, 11) is 0. The molecule has 2 heteroatoms. The normalized spacial score (nSPS) is 11.5. The molecule has 0 saturated carbocycles. The highest BCUT2D eigenvalue weighted by molar-refractivity contribution is 4.83. The molecule has 0 N–H and O–H groups in total. The maximum absolute atomic E-state index is 2.57. The first-order valence-electron chi connectivity index (χ1n) is 16.9. The topological polar surface area (TPSA) is 8.81 Å². The van der Waals surface area contributed by atoms with E-state index < -0.39 is 0 Å². The van der Waals surface area contributed by atoms with Crippen molar-refractivity contribution < 1.29 is 4.57 Å². The molecule has 1 aromatic heterocycles. The molecule has 0 atom stereocenters. The van der Waals surface area contributed by atoms with Crippen molar-refractivity contribution in [3.05, 3.63) is 18.2 Å². The summed E-state index contributed by atoms with van der Waals surface area (Å²) in [5, 5.41) is 0. The van der Waals surface area contributed by atoms with Crippen molar-refractivity contribution in [3.63, 3.8) is 0 Å². The smallest absolute Gasteiger partial charge is 0.235 e. The molecular formula is C34H67N2+. The highest BCUT2D eigenvalue weighted by Crippen LogP contribution is 2.14. The molecule has 0 fully saturated rings. The molecule has 0 unspecified atom stereocenters. The van der Waals surface area contributed by atoms with Gasteiger partial charge in [0.2, 0.25) is 0 Å². The van der Waals surface area contributed by atoms with Crippen LogP contribution in [0.15, 0.2) is 12.4 Å². The molecule has 0 aliphatic heterocycles. The lowest BCUT2D eigenvalue weighted by Gasteiger charge is -2.06. The molecule has 1 rings (SSSR count). The second-order valence-corrected chi connectivity index (χ2v) is 11.6. The van der Waals surface area contributed by atoms with Crippen LogP contribution in [-0.4, -0.2) is 4.57 Å². The SMILES string of the molecule is CCCCCCCCCCCCCCCCCCC[n+]1ccn(CC)c1CCCCCCCCCC. The third-order valence-electron chi connectivity index (χ3n) is 8.19.